The Morgan fingerprint density at radius 2 is 1.67 bits per heavy atom. The number of rotatable bonds is 5. The van der Waals surface area contributed by atoms with Crippen molar-refractivity contribution in [1.82, 2.24) is 10.2 Å². The molecule has 0 unspecified atom stereocenters. The molecule has 7 nitrogen and oxygen atoms in total. The number of hydrogen-bond acceptors (Lipinski definition) is 6. The van der Waals surface area contributed by atoms with Crippen LogP contribution in [0.3, 0.4) is 0 Å². The minimum absolute atomic E-state index is 0.321. The van der Waals surface area contributed by atoms with Crippen LogP contribution in [0.25, 0.3) is 0 Å². The van der Waals surface area contributed by atoms with Crippen LogP contribution < -0.4 is 15.4 Å². The third-order valence-electron chi connectivity index (χ3n) is 2.73. The van der Waals surface area contributed by atoms with Gasteiger partial charge in [0.1, 0.15) is 11.4 Å². The summed E-state index contributed by atoms with van der Waals surface area (Å²) in [5.74, 6) is 1.70. The fourth-order valence-corrected chi connectivity index (χ4v) is 1.82. The molecule has 0 bridgehead atoms. The van der Waals surface area contributed by atoms with Gasteiger partial charge in [-0.2, -0.15) is 0 Å². The third kappa shape index (κ3) is 5.75. The average molecular weight is 330 g/mol. The van der Waals surface area contributed by atoms with Crippen LogP contribution in [0.15, 0.2) is 36.4 Å². The number of carbonyl (C=O) groups excluding carboxylic acids is 1. The number of anilines is 3. The monoisotopic (exact) mass is 330 g/mol. The second-order valence-corrected chi connectivity index (χ2v) is 6.01. The summed E-state index contributed by atoms with van der Waals surface area (Å²) in [7, 11) is 0. The van der Waals surface area contributed by atoms with Crippen LogP contribution in [0, 0.1) is 0 Å². The maximum absolute atomic E-state index is 11.7. The number of nitrogens with one attached hydrogen (secondary N) is 2. The van der Waals surface area contributed by atoms with Crippen LogP contribution >= 0.6 is 0 Å². The second-order valence-electron chi connectivity index (χ2n) is 6.01. The van der Waals surface area contributed by atoms with Crippen LogP contribution in [0.2, 0.25) is 0 Å². The molecule has 1 amide bonds. The normalized spacial score (nSPS) is 10.8. The third-order valence-corrected chi connectivity index (χ3v) is 2.73. The first-order chi connectivity index (χ1) is 11.4. The van der Waals surface area contributed by atoms with Crippen molar-refractivity contribution in [3.63, 3.8) is 0 Å². The van der Waals surface area contributed by atoms with E-state index < -0.39 is 11.7 Å². The SMILES string of the molecule is CCOc1ccc(Nc2ccc(NC(=O)OC(C)(C)C)nn2)cc1. The highest BCUT2D eigenvalue weighted by Gasteiger charge is 2.16. The zero-order valence-corrected chi connectivity index (χ0v) is 14.3. The molecular weight excluding hydrogens is 308 g/mol. The van der Waals surface area contributed by atoms with E-state index in [4.69, 9.17) is 9.47 Å². The van der Waals surface area contributed by atoms with E-state index in [1.807, 2.05) is 31.2 Å². The van der Waals surface area contributed by atoms with Gasteiger partial charge in [-0.15, -0.1) is 10.2 Å². The number of amides is 1. The molecule has 2 aromatic rings. The summed E-state index contributed by atoms with van der Waals surface area (Å²) in [5.41, 5.74) is 0.299. The van der Waals surface area contributed by atoms with Gasteiger partial charge in [0, 0.05) is 5.69 Å². The van der Waals surface area contributed by atoms with E-state index in [1.165, 1.54) is 0 Å². The molecule has 1 aromatic carbocycles. The van der Waals surface area contributed by atoms with Crippen molar-refractivity contribution in [3.05, 3.63) is 36.4 Å². The van der Waals surface area contributed by atoms with Crippen LogP contribution in [0.5, 0.6) is 5.75 Å². The zero-order valence-electron chi connectivity index (χ0n) is 14.3. The van der Waals surface area contributed by atoms with E-state index >= 15 is 0 Å². The maximum atomic E-state index is 11.7. The molecule has 0 aliphatic rings. The Morgan fingerprint density at radius 1 is 1.04 bits per heavy atom. The average Bonchev–Trinajstić information content (AvgIpc) is 2.49. The van der Waals surface area contributed by atoms with E-state index in [2.05, 4.69) is 20.8 Å². The quantitative estimate of drug-likeness (QED) is 0.863. The van der Waals surface area contributed by atoms with Crippen molar-refractivity contribution in [2.45, 2.75) is 33.3 Å². The van der Waals surface area contributed by atoms with Gasteiger partial charge in [0.15, 0.2) is 11.6 Å². The number of benzene rings is 1. The molecule has 0 aliphatic carbocycles. The highest BCUT2D eigenvalue weighted by Crippen LogP contribution is 2.19. The lowest BCUT2D eigenvalue weighted by molar-refractivity contribution is 0.0635. The summed E-state index contributed by atoms with van der Waals surface area (Å²) in [4.78, 5) is 11.7. The summed E-state index contributed by atoms with van der Waals surface area (Å²) in [5, 5.41) is 13.6. The summed E-state index contributed by atoms with van der Waals surface area (Å²) in [6.45, 7) is 7.95. The minimum Gasteiger partial charge on any atom is -0.494 e. The maximum Gasteiger partial charge on any atom is 0.413 e. The van der Waals surface area contributed by atoms with E-state index in [-0.39, 0.29) is 0 Å². The lowest BCUT2D eigenvalue weighted by Crippen LogP contribution is -2.27. The lowest BCUT2D eigenvalue weighted by atomic mass is 10.2. The molecule has 1 aromatic heterocycles. The van der Waals surface area contributed by atoms with Gasteiger partial charge in [-0.3, -0.25) is 5.32 Å². The van der Waals surface area contributed by atoms with E-state index in [1.54, 1.807) is 32.9 Å². The van der Waals surface area contributed by atoms with Crippen molar-refractivity contribution < 1.29 is 14.3 Å². The minimum atomic E-state index is -0.566. The Hall–Kier alpha value is -2.83. The number of aromatic nitrogens is 2. The van der Waals surface area contributed by atoms with Gasteiger partial charge in [-0.05, 0) is 64.1 Å². The van der Waals surface area contributed by atoms with E-state index in [0.717, 1.165) is 11.4 Å². The van der Waals surface area contributed by atoms with E-state index in [0.29, 0.717) is 18.2 Å². The Bertz CT molecular complexity index is 664. The molecule has 0 saturated carbocycles. The zero-order chi connectivity index (χ0) is 17.6. The molecule has 2 rings (SSSR count). The first-order valence-electron chi connectivity index (χ1n) is 7.69. The van der Waals surface area contributed by atoms with Gasteiger partial charge >= 0.3 is 6.09 Å². The standard InChI is InChI=1S/C17H22N4O3/c1-5-23-13-8-6-12(7-9-13)18-14-10-11-15(21-20-14)19-16(22)24-17(2,3)4/h6-11H,5H2,1-4H3,(H,18,20)(H,19,21,22). The Labute approximate surface area is 141 Å². The van der Waals surface area contributed by atoms with Crippen molar-refractivity contribution in [2.75, 3.05) is 17.2 Å². The van der Waals surface area contributed by atoms with Gasteiger partial charge in [0.25, 0.3) is 0 Å². The smallest absolute Gasteiger partial charge is 0.413 e. The predicted molar refractivity (Wildman–Crippen MR) is 92.8 cm³/mol. The summed E-state index contributed by atoms with van der Waals surface area (Å²) >= 11 is 0. The molecule has 0 fully saturated rings. The summed E-state index contributed by atoms with van der Waals surface area (Å²) in [6.07, 6.45) is -0.566. The molecule has 1 heterocycles. The van der Waals surface area contributed by atoms with Gasteiger partial charge in [0.05, 0.1) is 6.61 Å². The molecule has 0 atom stereocenters. The molecule has 24 heavy (non-hydrogen) atoms. The molecular formula is C17H22N4O3. The fourth-order valence-electron chi connectivity index (χ4n) is 1.82. The molecule has 128 valence electrons. The van der Waals surface area contributed by atoms with Gasteiger partial charge in [0.2, 0.25) is 0 Å². The first kappa shape index (κ1) is 17.5. The Kier molecular flexibility index (Phi) is 5.57. The number of carbonyl (C=O) groups is 1. The largest absolute Gasteiger partial charge is 0.494 e. The molecule has 0 spiro atoms. The number of nitrogens with zero attached hydrogens (tertiary/aromatic N) is 2. The summed E-state index contributed by atoms with van der Waals surface area (Å²) < 4.78 is 10.5. The van der Waals surface area contributed by atoms with Crippen molar-refractivity contribution in [3.8, 4) is 5.75 Å². The molecule has 0 radical (unpaired) electrons. The van der Waals surface area contributed by atoms with E-state index in [9.17, 15) is 4.79 Å². The van der Waals surface area contributed by atoms with Crippen molar-refractivity contribution in [2.24, 2.45) is 0 Å². The van der Waals surface area contributed by atoms with Crippen molar-refractivity contribution >= 4 is 23.4 Å². The van der Waals surface area contributed by atoms with Gasteiger partial charge < -0.3 is 14.8 Å². The highest BCUT2D eigenvalue weighted by molar-refractivity contribution is 5.83. The first-order valence-corrected chi connectivity index (χ1v) is 7.69. The molecule has 0 aliphatic heterocycles. The number of hydrogen-bond donors (Lipinski definition) is 2. The molecule has 0 saturated heterocycles. The summed E-state index contributed by atoms with van der Waals surface area (Å²) in [6, 6.07) is 10.9. The second kappa shape index (κ2) is 7.63. The lowest BCUT2D eigenvalue weighted by Gasteiger charge is -2.19. The number of ether oxygens (including phenoxy) is 2. The fraction of sp³-hybridized carbons (Fsp3) is 0.353. The van der Waals surface area contributed by atoms with Crippen LogP contribution in [-0.2, 0) is 4.74 Å². The highest BCUT2D eigenvalue weighted by atomic mass is 16.6. The Balaban J connectivity index is 1.93. The molecule has 7 heteroatoms. The van der Waals surface area contributed by atoms with Crippen molar-refractivity contribution in [1.29, 1.82) is 0 Å². The van der Waals surface area contributed by atoms with Gasteiger partial charge in [-0.25, -0.2) is 4.79 Å². The van der Waals surface area contributed by atoms with Crippen LogP contribution in [-0.4, -0.2) is 28.5 Å². The topological polar surface area (TPSA) is 85.4 Å². The van der Waals surface area contributed by atoms with Gasteiger partial charge in [-0.1, -0.05) is 0 Å². The molecule has 2 N–H and O–H groups in total. The van der Waals surface area contributed by atoms with Crippen LogP contribution in [0.1, 0.15) is 27.7 Å². The predicted octanol–water partition coefficient (Wildman–Crippen LogP) is 3.97. The Morgan fingerprint density at radius 3 is 2.21 bits per heavy atom. The van der Waals surface area contributed by atoms with Crippen LogP contribution in [0.4, 0.5) is 22.1 Å².